The molecule has 1 N–H and O–H groups in total. The van der Waals surface area contributed by atoms with Gasteiger partial charge in [-0.15, -0.1) is 0 Å². The summed E-state index contributed by atoms with van der Waals surface area (Å²) in [5, 5.41) is 2.89. The first kappa shape index (κ1) is 18.7. The van der Waals surface area contributed by atoms with Crippen LogP contribution in [0.15, 0.2) is 24.4 Å². The van der Waals surface area contributed by atoms with Crippen molar-refractivity contribution < 1.29 is 9.53 Å². The van der Waals surface area contributed by atoms with Crippen LogP contribution in [0.4, 0.5) is 5.82 Å². The quantitative estimate of drug-likeness (QED) is 0.828. The second-order valence-corrected chi connectivity index (χ2v) is 7.57. The molecule has 1 amide bonds. The van der Waals surface area contributed by atoms with Gasteiger partial charge in [0.25, 0.3) is 5.91 Å². The van der Waals surface area contributed by atoms with Crippen LogP contribution in [0.2, 0.25) is 0 Å². The molecule has 2 aromatic rings. The number of hydrogen-bond acceptors (Lipinski definition) is 6. The van der Waals surface area contributed by atoms with Crippen molar-refractivity contribution in [2.24, 2.45) is 0 Å². The lowest BCUT2D eigenvalue weighted by Gasteiger charge is -2.17. The number of pyridine rings is 1. The molecular weight excluding hydrogens is 354 g/mol. The van der Waals surface area contributed by atoms with Gasteiger partial charge in [0, 0.05) is 37.1 Å². The van der Waals surface area contributed by atoms with E-state index in [9.17, 15) is 4.79 Å². The van der Waals surface area contributed by atoms with Crippen LogP contribution < -0.4 is 15.0 Å². The molecule has 0 unspecified atom stereocenters. The van der Waals surface area contributed by atoms with Gasteiger partial charge < -0.3 is 15.0 Å². The van der Waals surface area contributed by atoms with E-state index in [-0.39, 0.29) is 12.0 Å². The summed E-state index contributed by atoms with van der Waals surface area (Å²) in [5.74, 6) is 1.97. The molecule has 1 saturated carbocycles. The summed E-state index contributed by atoms with van der Waals surface area (Å²) in [4.78, 5) is 28.1. The maximum absolute atomic E-state index is 12.4. The van der Waals surface area contributed by atoms with E-state index >= 15 is 0 Å². The molecule has 3 heterocycles. The molecule has 0 radical (unpaired) electrons. The molecule has 1 aliphatic heterocycles. The Morgan fingerprint density at radius 3 is 2.68 bits per heavy atom. The van der Waals surface area contributed by atoms with Gasteiger partial charge in [0.15, 0.2) is 0 Å². The molecule has 7 nitrogen and oxygen atoms in total. The number of nitrogens with zero attached hydrogens (tertiary/aromatic N) is 4. The third-order valence-corrected chi connectivity index (χ3v) is 5.31. The van der Waals surface area contributed by atoms with Gasteiger partial charge in [-0.1, -0.05) is 0 Å². The van der Waals surface area contributed by atoms with Crippen molar-refractivity contribution in [2.45, 2.75) is 58.1 Å². The molecule has 2 aliphatic rings. The molecule has 0 aromatic carbocycles. The second kappa shape index (κ2) is 8.54. The summed E-state index contributed by atoms with van der Waals surface area (Å²) in [6.45, 7) is 4.31. The Bertz CT molecular complexity index is 812. The molecule has 1 aliphatic carbocycles. The van der Waals surface area contributed by atoms with Gasteiger partial charge in [0.2, 0.25) is 5.88 Å². The largest absolute Gasteiger partial charge is 0.474 e. The normalized spacial score (nSPS) is 17.1. The van der Waals surface area contributed by atoms with Gasteiger partial charge in [-0.3, -0.25) is 4.79 Å². The zero-order chi connectivity index (χ0) is 19.3. The smallest absolute Gasteiger partial charge is 0.253 e. The standard InChI is InChI=1S/C21H27N5O2/c1-15-12-19(26-10-4-5-11-26)25-18(24-15)14-23-21(27)16-8-9-20(22-13-16)28-17-6-2-3-7-17/h8-9,12-13,17H,2-7,10-11,14H2,1H3,(H,23,27). The highest BCUT2D eigenvalue weighted by Crippen LogP contribution is 2.23. The number of nitrogens with one attached hydrogen (secondary N) is 1. The van der Waals surface area contributed by atoms with Crippen LogP contribution in [-0.4, -0.2) is 40.1 Å². The topological polar surface area (TPSA) is 80.2 Å². The number of carbonyl (C=O) groups is 1. The van der Waals surface area contributed by atoms with Gasteiger partial charge >= 0.3 is 0 Å². The van der Waals surface area contributed by atoms with Crippen molar-refractivity contribution in [1.82, 2.24) is 20.3 Å². The second-order valence-electron chi connectivity index (χ2n) is 7.57. The Hall–Kier alpha value is -2.70. The van der Waals surface area contributed by atoms with Gasteiger partial charge in [-0.05, 0) is 51.5 Å². The van der Waals surface area contributed by atoms with Crippen LogP contribution in [-0.2, 0) is 6.54 Å². The maximum Gasteiger partial charge on any atom is 0.253 e. The van der Waals surface area contributed by atoms with E-state index in [0.717, 1.165) is 37.4 Å². The van der Waals surface area contributed by atoms with E-state index in [1.54, 1.807) is 18.3 Å². The van der Waals surface area contributed by atoms with E-state index in [4.69, 9.17) is 4.74 Å². The average Bonchev–Trinajstić information content (AvgIpc) is 3.40. The molecule has 7 heteroatoms. The van der Waals surface area contributed by atoms with E-state index < -0.39 is 0 Å². The minimum atomic E-state index is -0.187. The lowest BCUT2D eigenvalue weighted by Crippen LogP contribution is -2.25. The highest BCUT2D eigenvalue weighted by atomic mass is 16.5. The van der Waals surface area contributed by atoms with Crippen LogP contribution in [0.25, 0.3) is 0 Å². The zero-order valence-corrected chi connectivity index (χ0v) is 16.4. The molecule has 148 valence electrons. The highest BCUT2D eigenvalue weighted by molar-refractivity contribution is 5.93. The fourth-order valence-electron chi connectivity index (χ4n) is 3.82. The number of hydrogen-bond donors (Lipinski definition) is 1. The number of aromatic nitrogens is 3. The zero-order valence-electron chi connectivity index (χ0n) is 16.4. The van der Waals surface area contributed by atoms with Crippen molar-refractivity contribution in [3.8, 4) is 5.88 Å². The summed E-state index contributed by atoms with van der Waals surface area (Å²) in [5.41, 5.74) is 1.42. The number of aryl methyl sites for hydroxylation is 1. The van der Waals surface area contributed by atoms with Crippen molar-refractivity contribution in [3.63, 3.8) is 0 Å². The lowest BCUT2D eigenvalue weighted by molar-refractivity contribution is 0.0949. The molecule has 2 aromatic heterocycles. The minimum absolute atomic E-state index is 0.187. The number of rotatable bonds is 6. The summed E-state index contributed by atoms with van der Waals surface area (Å²) >= 11 is 0. The van der Waals surface area contributed by atoms with E-state index in [1.807, 2.05) is 13.0 Å². The Labute approximate surface area is 165 Å². The summed E-state index contributed by atoms with van der Waals surface area (Å²) < 4.78 is 5.85. The summed E-state index contributed by atoms with van der Waals surface area (Å²) in [6.07, 6.45) is 8.81. The molecule has 4 rings (SSSR count). The Kier molecular flexibility index (Phi) is 5.69. The first-order valence-corrected chi connectivity index (χ1v) is 10.2. The SMILES string of the molecule is Cc1cc(N2CCCC2)nc(CNC(=O)c2ccc(OC3CCCC3)nc2)n1. The average molecular weight is 381 g/mol. The van der Waals surface area contributed by atoms with Crippen molar-refractivity contribution in [3.05, 3.63) is 41.5 Å². The highest BCUT2D eigenvalue weighted by Gasteiger charge is 2.18. The van der Waals surface area contributed by atoms with E-state index in [1.165, 1.54) is 25.7 Å². The van der Waals surface area contributed by atoms with Crippen LogP contribution >= 0.6 is 0 Å². The fourth-order valence-corrected chi connectivity index (χ4v) is 3.82. The van der Waals surface area contributed by atoms with E-state index in [0.29, 0.717) is 23.8 Å². The molecule has 0 atom stereocenters. The van der Waals surface area contributed by atoms with Gasteiger partial charge in [-0.2, -0.15) is 0 Å². The van der Waals surface area contributed by atoms with Gasteiger partial charge in [-0.25, -0.2) is 15.0 Å². The van der Waals surface area contributed by atoms with Crippen molar-refractivity contribution in [2.75, 3.05) is 18.0 Å². The minimum Gasteiger partial charge on any atom is -0.474 e. The molecule has 0 spiro atoms. The van der Waals surface area contributed by atoms with Crippen LogP contribution in [0.3, 0.4) is 0 Å². The molecule has 0 bridgehead atoms. The van der Waals surface area contributed by atoms with Crippen LogP contribution in [0.1, 0.15) is 60.4 Å². The van der Waals surface area contributed by atoms with E-state index in [2.05, 4.69) is 25.2 Å². The van der Waals surface area contributed by atoms with Crippen LogP contribution in [0.5, 0.6) is 5.88 Å². The first-order chi connectivity index (χ1) is 13.7. The van der Waals surface area contributed by atoms with Crippen molar-refractivity contribution >= 4 is 11.7 Å². The molecular formula is C21H27N5O2. The summed E-state index contributed by atoms with van der Waals surface area (Å²) in [6, 6.07) is 5.52. The number of anilines is 1. The molecule has 28 heavy (non-hydrogen) atoms. The maximum atomic E-state index is 12.4. The first-order valence-electron chi connectivity index (χ1n) is 10.2. The van der Waals surface area contributed by atoms with Gasteiger partial charge in [0.05, 0.1) is 12.1 Å². The Balaban J connectivity index is 1.34. The fraction of sp³-hybridized carbons (Fsp3) is 0.524. The third kappa shape index (κ3) is 4.58. The Morgan fingerprint density at radius 1 is 1.18 bits per heavy atom. The van der Waals surface area contributed by atoms with Gasteiger partial charge in [0.1, 0.15) is 17.7 Å². The third-order valence-electron chi connectivity index (χ3n) is 5.31. The van der Waals surface area contributed by atoms with Crippen LogP contribution in [0, 0.1) is 6.92 Å². The Morgan fingerprint density at radius 2 is 1.96 bits per heavy atom. The number of carbonyl (C=O) groups excluding carboxylic acids is 1. The lowest BCUT2D eigenvalue weighted by atomic mass is 10.2. The van der Waals surface area contributed by atoms with Crippen molar-refractivity contribution in [1.29, 1.82) is 0 Å². The monoisotopic (exact) mass is 381 g/mol. The number of amides is 1. The molecule has 1 saturated heterocycles. The summed E-state index contributed by atoms with van der Waals surface area (Å²) in [7, 11) is 0. The predicted molar refractivity (Wildman–Crippen MR) is 107 cm³/mol. The predicted octanol–water partition coefficient (Wildman–Crippen LogP) is 3.03. The number of ether oxygens (including phenoxy) is 1. The molecule has 2 fully saturated rings.